The Morgan fingerprint density at radius 1 is 1.24 bits per heavy atom. The number of aliphatic hydroxyl groups excluding tert-OH is 1. The summed E-state index contributed by atoms with van der Waals surface area (Å²) >= 11 is 6.22. The molecular formula is C17H19ClN2O. The Hall–Kier alpha value is -1.58. The van der Waals surface area contributed by atoms with Gasteiger partial charge >= 0.3 is 0 Å². The van der Waals surface area contributed by atoms with Crippen LogP contribution in [0.25, 0.3) is 5.69 Å². The van der Waals surface area contributed by atoms with E-state index in [0.717, 1.165) is 34.1 Å². The number of nitrogens with zero attached hydrogens (tertiary/aromatic N) is 2. The molecule has 2 aromatic rings. The SMILES string of the molecule is Cc1ccc(-n2nc(C)c(C3C=CC(O)C3)c2C)cc1Cl. The van der Waals surface area contributed by atoms with E-state index < -0.39 is 0 Å². The number of benzene rings is 1. The molecule has 0 saturated carbocycles. The first kappa shape index (κ1) is 14.4. The molecule has 0 aliphatic heterocycles. The lowest BCUT2D eigenvalue weighted by Crippen LogP contribution is -2.03. The van der Waals surface area contributed by atoms with Gasteiger partial charge in [0, 0.05) is 22.2 Å². The van der Waals surface area contributed by atoms with E-state index >= 15 is 0 Å². The van der Waals surface area contributed by atoms with Crippen LogP contribution >= 0.6 is 11.6 Å². The van der Waals surface area contributed by atoms with Crippen LogP contribution in [0.4, 0.5) is 0 Å². The fourth-order valence-electron chi connectivity index (χ4n) is 3.05. The zero-order chi connectivity index (χ0) is 15.1. The summed E-state index contributed by atoms with van der Waals surface area (Å²) in [6.07, 6.45) is 4.34. The summed E-state index contributed by atoms with van der Waals surface area (Å²) in [5.41, 5.74) is 5.35. The molecule has 1 N–H and O–H groups in total. The summed E-state index contributed by atoms with van der Waals surface area (Å²) in [7, 11) is 0. The van der Waals surface area contributed by atoms with Crippen LogP contribution < -0.4 is 0 Å². The Kier molecular flexibility index (Phi) is 3.64. The summed E-state index contributed by atoms with van der Waals surface area (Å²) < 4.78 is 1.94. The molecule has 3 rings (SSSR count). The topological polar surface area (TPSA) is 38.0 Å². The predicted octanol–water partition coefficient (Wildman–Crippen LogP) is 3.86. The third-order valence-electron chi connectivity index (χ3n) is 4.18. The smallest absolute Gasteiger partial charge is 0.0730 e. The second kappa shape index (κ2) is 5.32. The fraction of sp³-hybridized carbons (Fsp3) is 0.353. The Morgan fingerprint density at radius 3 is 2.62 bits per heavy atom. The van der Waals surface area contributed by atoms with Gasteiger partial charge in [-0.3, -0.25) is 0 Å². The summed E-state index contributed by atoms with van der Waals surface area (Å²) in [6.45, 7) is 6.08. The van der Waals surface area contributed by atoms with E-state index in [-0.39, 0.29) is 12.0 Å². The zero-order valence-electron chi connectivity index (χ0n) is 12.5. The van der Waals surface area contributed by atoms with Gasteiger partial charge in [-0.1, -0.05) is 29.8 Å². The number of halogens is 1. The van der Waals surface area contributed by atoms with Crippen LogP contribution in [0.15, 0.2) is 30.4 Å². The van der Waals surface area contributed by atoms with Crippen LogP contribution in [-0.2, 0) is 0 Å². The minimum absolute atomic E-state index is 0.245. The maximum atomic E-state index is 9.70. The van der Waals surface area contributed by atoms with Crippen molar-refractivity contribution in [2.24, 2.45) is 0 Å². The maximum absolute atomic E-state index is 9.70. The molecule has 0 radical (unpaired) electrons. The molecule has 21 heavy (non-hydrogen) atoms. The molecule has 1 aromatic heterocycles. The molecule has 2 atom stereocenters. The number of rotatable bonds is 2. The van der Waals surface area contributed by atoms with Crippen molar-refractivity contribution in [1.82, 2.24) is 9.78 Å². The van der Waals surface area contributed by atoms with Crippen molar-refractivity contribution in [1.29, 1.82) is 0 Å². The standard InChI is InChI=1S/C17H19ClN2O/c1-10-4-6-14(9-16(10)18)20-12(3)17(11(2)19-20)13-5-7-15(21)8-13/h4-7,9,13,15,21H,8H2,1-3H3. The van der Waals surface area contributed by atoms with Crippen molar-refractivity contribution >= 4 is 11.6 Å². The number of hydrogen-bond acceptors (Lipinski definition) is 2. The first-order valence-corrected chi connectivity index (χ1v) is 7.54. The van der Waals surface area contributed by atoms with Gasteiger partial charge in [0.1, 0.15) is 0 Å². The summed E-state index contributed by atoms with van der Waals surface area (Å²) in [5.74, 6) is 0.245. The molecule has 1 aliphatic carbocycles. The molecule has 1 heterocycles. The van der Waals surface area contributed by atoms with Gasteiger partial charge in [-0.2, -0.15) is 5.10 Å². The first-order valence-electron chi connectivity index (χ1n) is 7.16. The highest BCUT2D eigenvalue weighted by molar-refractivity contribution is 6.31. The Bertz CT molecular complexity index is 718. The summed E-state index contributed by atoms with van der Waals surface area (Å²) in [6, 6.07) is 5.98. The number of aryl methyl sites for hydroxylation is 2. The van der Waals surface area contributed by atoms with Crippen molar-refractivity contribution in [2.75, 3.05) is 0 Å². The number of aliphatic hydroxyl groups is 1. The number of allylic oxidation sites excluding steroid dienone is 1. The van der Waals surface area contributed by atoms with Gasteiger partial charge in [0.2, 0.25) is 0 Å². The molecular weight excluding hydrogens is 284 g/mol. The highest BCUT2D eigenvalue weighted by atomic mass is 35.5. The average Bonchev–Trinajstić information content (AvgIpc) is 2.97. The van der Waals surface area contributed by atoms with Gasteiger partial charge in [-0.25, -0.2) is 4.68 Å². The van der Waals surface area contributed by atoms with Crippen molar-refractivity contribution in [3.8, 4) is 5.69 Å². The molecule has 0 spiro atoms. The van der Waals surface area contributed by atoms with E-state index in [1.807, 2.05) is 42.8 Å². The van der Waals surface area contributed by atoms with Crippen LogP contribution in [0, 0.1) is 20.8 Å². The quantitative estimate of drug-likeness (QED) is 0.856. The highest BCUT2D eigenvalue weighted by Crippen LogP contribution is 2.34. The molecule has 0 bridgehead atoms. The van der Waals surface area contributed by atoms with Crippen LogP contribution in [0.5, 0.6) is 0 Å². The van der Waals surface area contributed by atoms with Gasteiger partial charge in [0.05, 0.1) is 17.5 Å². The third kappa shape index (κ3) is 2.52. The van der Waals surface area contributed by atoms with Crippen LogP contribution in [0.3, 0.4) is 0 Å². The van der Waals surface area contributed by atoms with E-state index in [2.05, 4.69) is 18.1 Å². The van der Waals surface area contributed by atoms with Gasteiger partial charge in [-0.05, 0) is 44.9 Å². The largest absolute Gasteiger partial charge is 0.389 e. The Morgan fingerprint density at radius 2 is 2.00 bits per heavy atom. The molecule has 1 aromatic carbocycles. The third-order valence-corrected chi connectivity index (χ3v) is 4.59. The molecule has 4 heteroatoms. The lowest BCUT2D eigenvalue weighted by atomic mass is 9.96. The molecule has 0 amide bonds. The van der Waals surface area contributed by atoms with Gasteiger partial charge in [-0.15, -0.1) is 0 Å². The van der Waals surface area contributed by atoms with Crippen molar-refractivity contribution < 1.29 is 5.11 Å². The highest BCUT2D eigenvalue weighted by Gasteiger charge is 2.25. The molecule has 2 unspecified atom stereocenters. The minimum Gasteiger partial charge on any atom is -0.389 e. The minimum atomic E-state index is -0.342. The fourth-order valence-corrected chi connectivity index (χ4v) is 3.22. The molecule has 0 saturated heterocycles. The van der Waals surface area contributed by atoms with Crippen molar-refractivity contribution in [3.63, 3.8) is 0 Å². The lowest BCUT2D eigenvalue weighted by Gasteiger charge is -2.11. The molecule has 0 fully saturated rings. The zero-order valence-corrected chi connectivity index (χ0v) is 13.2. The number of aromatic nitrogens is 2. The van der Waals surface area contributed by atoms with Gasteiger partial charge in [0.25, 0.3) is 0 Å². The van der Waals surface area contributed by atoms with Crippen LogP contribution in [0.1, 0.15) is 34.9 Å². The van der Waals surface area contributed by atoms with E-state index in [0.29, 0.717) is 0 Å². The first-order chi connectivity index (χ1) is 9.97. The van der Waals surface area contributed by atoms with Crippen LogP contribution in [-0.4, -0.2) is 21.0 Å². The maximum Gasteiger partial charge on any atom is 0.0730 e. The number of hydrogen-bond donors (Lipinski definition) is 1. The molecule has 3 nitrogen and oxygen atoms in total. The van der Waals surface area contributed by atoms with Gasteiger partial charge < -0.3 is 5.11 Å². The van der Waals surface area contributed by atoms with E-state index in [4.69, 9.17) is 11.6 Å². The Labute approximate surface area is 129 Å². The van der Waals surface area contributed by atoms with E-state index in [1.54, 1.807) is 0 Å². The summed E-state index contributed by atoms with van der Waals surface area (Å²) in [5, 5.41) is 15.1. The van der Waals surface area contributed by atoms with Gasteiger partial charge in [0.15, 0.2) is 0 Å². The normalized spacial score (nSPS) is 21.2. The predicted molar refractivity (Wildman–Crippen MR) is 85.3 cm³/mol. The van der Waals surface area contributed by atoms with Crippen LogP contribution in [0.2, 0.25) is 5.02 Å². The monoisotopic (exact) mass is 302 g/mol. The van der Waals surface area contributed by atoms with E-state index in [9.17, 15) is 5.11 Å². The Balaban J connectivity index is 2.05. The van der Waals surface area contributed by atoms with Crippen molar-refractivity contribution in [2.45, 2.75) is 39.2 Å². The summed E-state index contributed by atoms with van der Waals surface area (Å²) in [4.78, 5) is 0. The average molecular weight is 303 g/mol. The lowest BCUT2D eigenvalue weighted by molar-refractivity contribution is 0.218. The molecule has 1 aliphatic rings. The second-order valence-electron chi connectivity index (χ2n) is 5.72. The van der Waals surface area contributed by atoms with Crippen molar-refractivity contribution in [3.05, 3.63) is 57.9 Å². The van der Waals surface area contributed by atoms with E-state index in [1.165, 1.54) is 5.56 Å². The second-order valence-corrected chi connectivity index (χ2v) is 6.13. The molecule has 110 valence electrons.